The van der Waals surface area contributed by atoms with E-state index in [0.717, 1.165) is 48.8 Å². The highest BCUT2D eigenvalue weighted by molar-refractivity contribution is 5.97. The number of hydrogen-bond donors (Lipinski definition) is 2. The molecule has 0 radical (unpaired) electrons. The second-order valence-electron chi connectivity index (χ2n) is 8.41. The maximum atomic E-state index is 14.0. The molecule has 1 aliphatic heterocycles. The molecule has 31 heavy (non-hydrogen) atoms. The third-order valence-corrected chi connectivity index (χ3v) is 6.66. The lowest BCUT2D eigenvalue weighted by Gasteiger charge is -2.46. The number of fused-ring (bicyclic) bond motifs is 2. The maximum Gasteiger partial charge on any atom is 0.228 e. The summed E-state index contributed by atoms with van der Waals surface area (Å²) in [6, 6.07) is 4.00. The Bertz CT molecular complexity index is 1270. The molecule has 0 bridgehead atoms. The van der Waals surface area contributed by atoms with Crippen molar-refractivity contribution in [2.45, 2.75) is 43.7 Å². The second-order valence-corrected chi connectivity index (χ2v) is 8.41. The predicted octanol–water partition coefficient (Wildman–Crippen LogP) is 3.93. The summed E-state index contributed by atoms with van der Waals surface area (Å²) < 4.78 is 26.8. The first-order chi connectivity index (χ1) is 15.1. The van der Waals surface area contributed by atoms with E-state index >= 15 is 0 Å². The van der Waals surface area contributed by atoms with Crippen molar-refractivity contribution in [2.75, 3.05) is 19.0 Å². The molecule has 4 aromatic rings. The second kappa shape index (κ2) is 6.91. The van der Waals surface area contributed by atoms with Crippen molar-refractivity contribution in [3.63, 3.8) is 0 Å². The van der Waals surface area contributed by atoms with E-state index in [-0.39, 0.29) is 5.60 Å². The molecule has 6 rings (SSSR count). The molecule has 1 spiro atoms. The lowest BCUT2D eigenvalue weighted by molar-refractivity contribution is -0.165. The van der Waals surface area contributed by atoms with E-state index in [4.69, 9.17) is 9.47 Å². The van der Waals surface area contributed by atoms with Gasteiger partial charge in [0.25, 0.3) is 0 Å². The van der Waals surface area contributed by atoms with Crippen LogP contribution < -0.4 is 10.1 Å². The molecule has 0 aromatic carbocycles. The van der Waals surface area contributed by atoms with Crippen molar-refractivity contribution in [3.8, 4) is 17.0 Å². The molecule has 2 fully saturated rings. The largest absolute Gasteiger partial charge is 0.480 e. The smallest absolute Gasteiger partial charge is 0.228 e. The summed E-state index contributed by atoms with van der Waals surface area (Å²) in [5.74, 6) is 0.613. The monoisotopic (exact) mass is 422 g/mol. The molecule has 9 heteroatoms. The number of ether oxygens (including phenoxy) is 2. The summed E-state index contributed by atoms with van der Waals surface area (Å²) >= 11 is 0. The van der Waals surface area contributed by atoms with E-state index in [2.05, 4.69) is 25.3 Å². The standard InChI is InChI=1S/C22H23FN6O2/c1-30-20-18-15(13-2-3-17-24-11-16(23)29(17)12-13)10-25-19(18)27-21(28-20)26-14-4-6-22(7-5-14)8-9-31-22/h2-3,10-12,14H,4-9H2,1H3,(H2,25,26,27,28)/t14-,22+. The Morgan fingerprint density at radius 3 is 2.84 bits per heavy atom. The minimum absolute atomic E-state index is 0.130. The van der Waals surface area contributed by atoms with Crippen LogP contribution in [-0.2, 0) is 4.74 Å². The number of rotatable bonds is 4. The lowest BCUT2D eigenvalue weighted by Crippen LogP contribution is -2.48. The highest BCUT2D eigenvalue weighted by atomic mass is 19.1. The van der Waals surface area contributed by atoms with Crippen LogP contribution in [0.2, 0.25) is 0 Å². The SMILES string of the molecule is COc1nc(N[C@H]2CC[C@]3(CCO3)CC2)nc2[nH]cc(-c3ccc4ncc(F)n4c3)c12. The van der Waals surface area contributed by atoms with Crippen LogP contribution in [0, 0.1) is 5.95 Å². The quantitative estimate of drug-likeness (QED) is 0.518. The number of nitrogens with zero attached hydrogens (tertiary/aromatic N) is 4. The van der Waals surface area contributed by atoms with Crippen LogP contribution >= 0.6 is 0 Å². The fraction of sp³-hybridized carbons (Fsp3) is 0.409. The van der Waals surface area contributed by atoms with Crippen LogP contribution in [0.4, 0.5) is 10.3 Å². The van der Waals surface area contributed by atoms with Gasteiger partial charge in [0.05, 0.1) is 30.9 Å². The first kappa shape index (κ1) is 18.6. The van der Waals surface area contributed by atoms with Crippen LogP contribution in [0.5, 0.6) is 5.88 Å². The summed E-state index contributed by atoms with van der Waals surface area (Å²) in [4.78, 5) is 16.6. The first-order valence-corrected chi connectivity index (χ1v) is 10.6. The fourth-order valence-corrected chi connectivity index (χ4v) is 4.81. The van der Waals surface area contributed by atoms with E-state index < -0.39 is 5.95 Å². The van der Waals surface area contributed by atoms with E-state index in [1.54, 1.807) is 19.4 Å². The van der Waals surface area contributed by atoms with Gasteiger partial charge in [0.2, 0.25) is 17.8 Å². The third-order valence-electron chi connectivity index (χ3n) is 6.66. The molecular formula is C22H23FN6O2. The zero-order valence-corrected chi connectivity index (χ0v) is 17.2. The fourth-order valence-electron chi connectivity index (χ4n) is 4.81. The molecule has 1 saturated heterocycles. The average molecular weight is 422 g/mol. The number of aromatic amines is 1. The summed E-state index contributed by atoms with van der Waals surface area (Å²) in [6.07, 6.45) is 10.2. The van der Waals surface area contributed by atoms with Crippen LogP contribution in [0.25, 0.3) is 27.8 Å². The van der Waals surface area contributed by atoms with Crippen LogP contribution in [-0.4, -0.2) is 49.7 Å². The zero-order valence-electron chi connectivity index (χ0n) is 17.2. The minimum atomic E-state index is -0.409. The molecule has 2 N–H and O–H groups in total. The van der Waals surface area contributed by atoms with E-state index in [9.17, 15) is 4.39 Å². The molecule has 1 saturated carbocycles. The van der Waals surface area contributed by atoms with Crippen LogP contribution in [0.1, 0.15) is 32.1 Å². The van der Waals surface area contributed by atoms with Gasteiger partial charge in [-0.25, -0.2) is 4.98 Å². The molecule has 0 amide bonds. The Hall–Kier alpha value is -3.20. The van der Waals surface area contributed by atoms with Gasteiger partial charge in [-0.1, -0.05) is 0 Å². The zero-order chi connectivity index (χ0) is 21.0. The number of halogens is 1. The van der Waals surface area contributed by atoms with Gasteiger partial charge in [0.1, 0.15) is 11.3 Å². The molecule has 0 atom stereocenters. The van der Waals surface area contributed by atoms with Crippen LogP contribution in [0.3, 0.4) is 0 Å². The molecule has 160 valence electrons. The minimum Gasteiger partial charge on any atom is -0.480 e. The lowest BCUT2D eigenvalue weighted by atomic mass is 9.77. The number of methoxy groups -OCH3 is 1. The van der Waals surface area contributed by atoms with Crippen molar-refractivity contribution in [2.24, 2.45) is 0 Å². The molecule has 8 nitrogen and oxygen atoms in total. The van der Waals surface area contributed by atoms with E-state index in [0.29, 0.717) is 29.2 Å². The van der Waals surface area contributed by atoms with Crippen molar-refractivity contribution in [3.05, 3.63) is 36.7 Å². The Morgan fingerprint density at radius 1 is 1.26 bits per heavy atom. The number of hydrogen-bond acceptors (Lipinski definition) is 6. The third kappa shape index (κ3) is 3.03. The number of nitrogens with one attached hydrogen (secondary N) is 2. The first-order valence-electron chi connectivity index (χ1n) is 10.6. The highest BCUT2D eigenvalue weighted by Gasteiger charge is 2.41. The molecule has 0 unspecified atom stereocenters. The summed E-state index contributed by atoms with van der Waals surface area (Å²) in [5.41, 5.74) is 3.01. The van der Waals surface area contributed by atoms with Crippen LogP contribution in [0.15, 0.2) is 30.7 Å². The normalized spacial score (nSPS) is 23.4. The Kier molecular flexibility index (Phi) is 4.14. The highest BCUT2D eigenvalue weighted by Crippen LogP contribution is 2.41. The summed E-state index contributed by atoms with van der Waals surface area (Å²) in [6.45, 7) is 0.894. The van der Waals surface area contributed by atoms with E-state index in [1.807, 2.05) is 12.3 Å². The number of anilines is 1. The Morgan fingerprint density at radius 2 is 2.10 bits per heavy atom. The predicted molar refractivity (Wildman–Crippen MR) is 114 cm³/mol. The van der Waals surface area contributed by atoms with Crippen molar-refractivity contribution < 1.29 is 13.9 Å². The average Bonchev–Trinajstić information content (AvgIpc) is 3.36. The Balaban J connectivity index is 1.32. The molecule has 5 heterocycles. The van der Waals surface area contributed by atoms with Gasteiger partial charge in [-0.15, -0.1) is 0 Å². The van der Waals surface area contributed by atoms with Crippen molar-refractivity contribution >= 4 is 22.6 Å². The number of H-pyrrole nitrogens is 1. The van der Waals surface area contributed by atoms with Gasteiger partial charge in [-0.2, -0.15) is 14.4 Å². The molecule has 4 aromatic heterocycles. The molecular weight excluding hydrogens is 399 g/mol. The number of aromatic nitrogens is 5. The van der Waals surface area contributed by atoms with Gasteiger partial charge in [-0.05, 0) is 44.2 Å². The summed E-state index contributed by atoms with van der Waals surface area (Å²) in [7, 11) is 1.60. The van der Waals surface area contributed by atoms with Gasteiger partial charge >= 0.3 is 0 Å². The topological polar surface area (TPSA) is 89.4 Å². The van der Waals surface area contributed by atoms with Crippen molar-refractivity contribution in [1.82, 2.24) is 24.3 Å². The molecule has 1 aliphatic carbocycles. The number of pyridine rings is 1. The summed E-state index contributed by atoms with van der Waals surface area (Å²) in [5, 5.41) is 4.23. The molecule has 2 aliphatic rings. The van der Waals surface area contributed by atoms with Gasteiger partial charge in [0, 0.05) is 29.6 Å². The van der Waals surface area contributed by atoms with Gasteiger partial charge in [-0.3, -0.25) is 4.40 Å². The van der Waals surface area contributed by atoms with Gasteiger partial charge in [0.15, 0.2) is 0 Å². The van der Waals surface area contributed by atoms with E-state index in [1.165, 1.54) is 17.0 Å². The number of imidazole rings is 1. The van der Waals surface area contributed by atoms with Crippen molar-refractivity contribution in [1.29, 1.82) is 0 Å². The Labute approximate surface area is 177 Å². The van der Waals surface area contributed by atoms with Gasteiger partial charge < -0.3 is 19.8 Å². The maximum absolute atomic E-state index is 14.0.